The molecule has 0 saturated carbocycles. The van der Waals surface area contributed by atoms with Crippen molar-refractivity contribution in [2.45, 2.75) is 19.8 Å². The number of methoxy groups -OCH3 is 2. The highest BCUT2D eigenvalue weighted by atomic mass is 16.6. The van der Waals surface area contributed by atoms with Gasteiger partial charge >= 0.3 is 5.97 Å². The van der Waals surface area contributed by atoms with Crippen molar-refractivity contribution < 1.29 is 23.9 Å². The average molecular weight is 283 g/mol. The fourth-order valence-corrected chi connectivity index (χ4v) is 1.62. The van der Waals surface area contributed by atoms with Crippen LogP contribution in [-0.4, -0.2) is 31.7 Å². The molecular weight excluding hydrogens is 266 g/mol. The van der Waals surface area contributed by atoms with E-state index in [1.54, 1.807) is 13.0 Å². The van der Waals surface area contributed by atoms with Crippen molar-refractivity contribution in [3.63, 3.8) is 0 Å². The van der Waals surface area contributed by atoms with Gasteiger partial charge in [0.05, 0.1) is 31.8 Å². The van der Waals surface area contributed by atoms with Crippen LogP contribution >= 0.6 is 0 Å². The van der Waals surface area contributed by atoms with Gasteiger partial charge in [-0.1, -0.05) is 0 Å². The molecule has 1 aromatic carbocycles. The van der Waals surface area contributed by atoms with E-state index in [0.29, 0.717) is 17.7 Å². The molecule has 0 aliphatic carbocycles. The average Bonchev–Trinajstić information content (AvgIpc) is 2.43. The molecule has 7 nitrogen and oxygen atoms in total. The van der Waals surface area contributed by atoms with E-state index in [9.17, 15) is 14.9 Å². The van der Waals surface area contributed by atoms with Gasteiger partial charge in [-0.3, -0.25) is 14.9 Å². The Morgan fingerprint density at radius 1 is 1.30 bits per heavy atom. The molecule has 0 spiro atoms. The first-order valence-corrected chi connectivity index (χ1v) is 6.02. The molecular formula is C13H17NO6. The van der Waals surface area contributed by atoms with E-state index in [-0.39, 0.29) is 30.4 Å². The standard InChI is InChI=1S/C13H17NO6/c1-9-7-11(18-2)12(8-10(9)14(16)17)20-6-4-5-13(15)19-3/h7-8H,4-6H2,1-3H3. The Hall–Kier alpha value is -2.31. The minimum Gasteiger partial charge on any atom is -0.493 e. The van der Waals surface area contributed by atoms with Gasteiger partial charge in [0, 0.05) is 12.0 Å². The summed E-state index contributed by atoms with van der Waals surface area (Å²) in [5.41, 5.74) is 0.461. The molecule has 1 rings (SSSR count). The normalized spacial score (nSPS) is 9.95. The Labute approximate surface area is 116 Å². The molecule has 0 radical (unpaired) electrons. The van der Waals surface area contributed by atoms with Crippen molar-refractivity contribution in [3.05, 3.63) is 27.8 Å². The molecule has 0 N–H and O–H groups in total. The van der Waals surface area contributed by atoms with E-state index in [1.165, 1.54) is 20.3 Å². The molecule has 0 aliphatic heterocycles. The van der Waals surface area contributed by atoms with Crippen molar-refractivity contribution in [2.75, 3.05) is 20.8 Å². The Balaban J connectivity index is 2.75. The van der Waals surface area contributed by atoms with Crippen LogP contribution in [0.1, 0.15) is 18.4 Å². The van der Waals surface area contributed by atoms with Crippen LogP contribution in [0.2, 0.25) is 0 Å². The molecule has 0 atom stereocenters. The third kappa shape index (κ3) is 4.11. The maximum atomic E-state index is 10.9. The zero-order valence-electron chi connectivity index (χ0n) is 11.7. The lowest BCUT2D eigenvalue weighted by Gasteiger charge is -2.11. The molecule has 110 valence electrons. The highest BCUT2D eigenvalue weighted by Crippen LogP contribution is 2.34. The number of nitro benzene ring substituents is 1. The summed E-state index contributed by atoms with van der Waals surface area (Å²) in [7, 11) is 2.78. The van der Waals surface area contributed by atoms with Crippen LogP contribution in [0.5, 0.6) is 11.5 Å². The van der Waals surface area contributed by atoms with Crippen molar-refractivity contribution in [3.8, 4) is 11.5 Å². The largest absolute Gasteiger partial charge is 0.493 e. The quantitative estimate of drug-likeness (QED) is 0.330. The smallest absolute Gasteiger partial charge is 0.305 e. The molecule has 0 unspecified atom stereocenters. The van der Waals surface area contributed by atoms with E-state index in [0.717, 1.165) is 0 Å². The number of nitro groups is 1. The van der Waals surface area contributed by atoms with Crippen LogP contribution in [-0.2, 0) is 9.53 Å². The van der Waals surface area contributed by atoms with Gasteiger partial charge in [0.2, 0.25) is 0 Å². The monoisotopic (exact) mass is 283 g/mol. The lowest BCUT2D eigenvalue weighted by atomic mass is 10.2. The molecule has 7 heteroatoms. The van der Waals surface area contributed by atoms with Gasteiger partial charge in [-0.2, -0.15) is 0 Å². The third-order valence-electron chi connectivity index (χ3n) is 2.69. The van der Waals surface area contributed by atoms with Gasteiger partial charge in [-0.15, -0.1) is 0 Å². The highest BCUT2D eigenvalue weighted by Gasteiger charge is 2.16. The number of hydrogen-bond acceptors (Lipinski definition) is 6. The first kappa shape index (κ1) is 15.7. The summed E-state index contributed by atoms with van der Waals surface area (Å²) in [6, 6.07) is 2.88. The van der Waals surface area contributed by atoms with Gasteiger partial charge < -0.3 is 14.2 Å². The number of rotatable bonds is 7. The van der Waals surface area contributed by atoms with Crippen LogP contribution < -0.4 is 9.47 Å². The Morgan fingerprint density at radius 2 is 2.00 bits per heavy atom. The first-order valence-electron chi connectivity index (χ1n) is 6.02. The summed E-state index contributed by atoms with van der Waals surface area (Å²) < 4.78 is 15.1. The van der Waals surface area contributed by atoms with Crippen molar-refractivity contribution in [1.29, 1.82) is 0 Å². The Bertz CT molecular complexity index is 500. The summed E-state index contributed by atoms with van der Waals surface area (Å²) >= 11 is 0. The number of esters is 1. The zero-order chi connectivity index (χ0) is 15.1. The number of carbonyl (C=O) groups excluding carboxylic acids is 1. The van der Waals surface area contributed by atoms with Crippen LogP contribution in [0, 0.1) is 17.0 Å². The maximum Gasteiger partial charge on any atom is 0.305 e. The molecule has 0 saturated heterocycles. The van der Waals surface area contributed by atoms with Crippen molar-refractivity contribution in [1.82, 2.24) is 0 Å². The number of benzene rings is 1. The maximum absolute atomic E-state index is 10.9. The van der Waals surface area contributed by atoms with Gasteiger partial charge in [0.15, 0.2) is 11.5 Å². The number of carbonyl (C=O) groups is 1. The number of ether oxygens (including phenoxy) is 3. The molecule has 0 aliphatic rings. The molecule has 0 fully saturated rings. The summed E-state index contributed by atoms with van der Waals surface area (Å²) in [6.45, 7) is 1.87. The first-order chi connectivity index (χ1) is 9.49. The third-order valence-corrected chi connectivity index (χ3v) is 2.69. The topological polar surface area (TPSA) is 87.9 Å². The van der Waals surface area contributed by atoms with E-state index in [2.05, 4.69) is 4.74 Å². The molecule has 0 aromatic heterocycles. The lowest BCUT2D eigenvalue weighted by molar-refractivity contribution is -0.385. The summed E-state index contributed by atoms with van der Waals surface area (Å²) in [6.07, 6.45) is 0.685. The van der Waals surface area contributed by atoms with Crippen LogP contribution in [0.3, 0.4) is 0 Å². The van der Waals surface area contributed by atoms with Crippen LogP contribution in [0.25, 0.3) is 0 Å². The fraction of sp³-hybridized carbons (Fsp3) is 0.462. The predicted molar refractivity (Wildman–Crippen MR) is 71.1 cm³/mol. The van der Waals surface area contributed by atoms with Gasteiger partial charge in [0.1, 0.15) is 0 Å². The second-order valence-electron chi connectivity index (χ2n) is 4.07. The van der Waals surface area contributed by atoms with Crippen LogP contribution in [0.4, 0.5) is 5.69 Å². The van der Waals surface area contributed by atoms with Crippen molar-refractivity contribution in [2.24, 2.45) is 0 Å². The minimum absolute atomic E-state index is 0.0335. The SMILES string of the molecule is COC(=O)CCCOc1cc([N+](=O)[O-])c(C)cc1OC. The van der Waals surface area contributed by atoms with E-state index in [4.69, 9.17) is 9.47 Å². The summed E-state index contributed by atoms with van der Waals surface area (Å²) in [5.74, 6) is 0.385. The summed E-state index contributed by atoms with van der Waals surface area (Å²) in [4.78, 5) is 21.3. The van der Waals surface area contributed by atoms with E-state index >= 15 is 0 Å². The van der Waals surface area contributed by atoms with Gasteiger partial charge in [-0.25, -0.2) is 0 Å². The second kappa shape index (κ2) is 7.32. The van der Waals surface area contributed by atoms with E-state index in [1.807, 2.05) is 0 Å². The molecule has 0 heterocycles. The molecule has 0 amide bonds. The molecule has 1 aromatic rings. The minimum atomic E-state index is -0.476. The zero-order valence-corrected chi connectivity index (χ0v) is 11.7. The number of nitrogens with zero attached hydrogens (tertiary/aromatic N) is 1. The highest BCUT2D eigenvalue weighted by molar-refractivity contribution is 5.69. The van der Waals surface area contributed by atoms with E-state index < -0.39 is 4.92 Å². The second-order valence-corrected chi connectivity index (χ2v) is 4.07. The Morgan fingerprint density at radius 3 is 2.55 bits per heavy atom. The number of hydrogen-bond donors (Lipinski definition) is 0. The Kier molecular flexibility index (Phi) is 5.76. The summed E-state index contributed by atoms with van der Waals surface area (Å²) in [5, 5.41) is 10.9. The fourth-order valence-electron chi connectivity index (χ4n) is 1.62. The lowest BCUT2D eigenvalue weighted by Crippen LogP contribution is -2.05. The van der Waals surface area contributed by atoms with Gasteiger partial charge in [-0.05, 0) is 19.4 Å². The molecule has 0 bridgehead atoms. The van der Waals surface area contributed by atoms with Crippen molar-refractivity contribution >= 4 is 11.7 Å². The van der Waals surface area contributed by atoms with Gasteiger partial charge in [0.25, 0.3) is 5.69 Å². The molecule has 20 heavy (non-hydrogen) atoms. The number of aryl methyl sites for hydroxylation is 1. The van der Waals surface area contributed by atoms with Crippen LogP contribution in [0.15, 0.2) is 12.1 Å². The predicted octanol–water partition coefficient (Wildman–Crippen LogP) is 2.24.